The van der Waals surface area contributed by atoms with Gasteiger partial charge in [0.2, 0.25) is 5.91 Å². The second-order valence-corrected chi connectivity index (χ2v) is 4.69. The Balaban J connectivity index is 2.19. The van der Waals surface area contributed by atoms with Crippen molar-refractivity contribution in [2.75, 3.05) is 25.0 Å². The fourth-order valence-electron chi connectivity index (χ4n) is 1.61. The SMILES string of the molecule is CN(C(=O)C1CNC1)c1ccc(Cl)cc1Cl. The average molecular weight is 259 g/mol. The zero-order valence-corrected chi connectivity index (χ0v) is 10.3. The maximum atomic E-state index is 12.0. The van der Waals surface area contributed by atoms with Crippen LogP contribution >= 0.6 is 23.2 Å². The summed E-state index contributed by atoms with van der Waals surface area (Å²) in [7, 11) is 1.73. The summed E-state index contributed by atoms with van der Waals surface area (Å²) in [6.45, 7) is 1.49. The number of rotatable bonds is 2. The molecule has 1 heterocycles. The van der Waals surface area contributed by atoms with Crippen molar-refractivity contribution in [3.8, 4) is 0 Å². The highest BCUT2D eigenvalue weighted by Gasteiger charge is 2.28. The summed E-state index contributed by atoms with van der Waals surface area (Å²) in [5.41, 5.74) is 0.697. The number of halogens is 2. The second-order valence-electron chi connectivity index (χ2n) is 3.85. The number of benzene rings is 1. The van der Waals surface area contributed by atoms with Gasteiger partial charge in [-0.05, 0) is 18.2 Å². The van der Waals surface area contributed by atoms with E-state index in [0.29, 0.717) is 15.7 Å². The number of nitrogens with zero attached hydrogens (tertiary/aromatic N) is 1. The van der Waals surface area contributed by atoms with Crippen molar-refractivity contribution in [2.24, 2.45) is 5.92 Å². The van der Waals surface area contributed by atoms with Gasteiger partial charge in [-0.25, -0.2) is 0 Å². The van der Waals surface area contributed by atoms with Crippen LogP contribution in [0.1, 0.15) is 0 Å². The molecule has 0 radical (unpaired) electrons. The van der Waals surface area contributed by atoms with E-state index in [9.17, 15) is 4.79 Å². The molecule has 1 aromatic rings. The van der Waals surface area contributed by atoms with Gasteiger partial charge in [-0.3, -0.25) is 4.79 Å². The van der Waals surface area contributed by atoms with Gasteiger partial charge in [-0.2, -0.15) is 0 Å². The van der Waals surface area contributed by atoms with Gasteiger partial charge >= 0.3 is 0 Å². The van der Waals surface area contributed by atoms with Gasteiger partial charge in [0.1, 0.15) is 0 Å². The molecular weight excluding hydrogens is 247 g/mol. The maximum Gasteiger partial charge on any atom is 0.232 e. The van der Waals surface area contributed by atoms with Crippen molar-refractivity contribution in [1.29, 1.82) is 0 Å². The van der Waals surface area contributed by atoms with Gasteiger partial charge in [0.05, 0.1) is 16.6 Å². The van der Waals surface area contributed by atoms with Crippen molar-refractivity contribution in [3.63, 3.8) is 0 Å². The van der Waals surface area contributed by atoms with Gasteiger partial charge < -0.3 is 10.2 Å². The van der Waals surface area contributed by atoms with Crippen LogP contribution in [0.2, 0.25) is 10.0 Å². The Kier molecular flexibility index (Phi) is 3.38. The predicted molar refractivity (Wildman–Crippen MR) is 66.2 cm³/mol. The molecule has 2 rings (SSSR count). The molecule has 86 valence electrons. The van der Waals surface area contributed by atoms with Crippen LogP contribution < -0.4 is 10.2 Å². The Bertz CT molecular complexity index is 418. The van der Waals surface area contributed by atoms with E-state index in [-0.39, 0.29) is 11.8 Å². The summed E-state index contributed by atoms with van der Waals surface area (Å²) in [6, 6.07) is 5.13. The number of amides is 1. The molecule has 0 aliphatic carbocycles. The summed E-state index contributed by atoms with van der Waals surface area (Å²) < 4.78 is 0. The number of hydrogen-bond donors (Lipinski definition) is 1. The van der Waals surface area contributed by atoms with Crippen molar-refractivity contribution >= 4 is 34.8 Å². The minimum atomic E-state index is 0.0664. The summed E-state index contributed by atoms with van der Waals surface area (Å²) in [4.78, 5) is 13.5. The molecule has 1 saturated heterocycles. The van der Waals surface area contributed by atoms with E-state index in [1.165, 1.54) is 0 Å². The van der Waals surface area contributed by atoms with Crippen LogP contribution in [0.4, 0.5) is 5.69 Å². The first-order chi connectivity index (χ1) is 7.59. The molecule has 0 saturated carbocycles. The molecule has 1 amide bonds. The smallest absolute Gasteiger partial charge is 0.232 e. The molecule has 0 bridgehead atoms. The molecule has 1 N–H and O–H groups in total. The van der Waals surface area contributed by atoms with Gasteiger partial charge in [-0.1, -0.05) is 23.2 Å². The first kappa shape index (κ1) is 11.7. The van der Waals surface area contributed by atoms with Crippen LogP contribution in [0.25, 0.3) is 0 Å². The Morgan fingerprint density at radius 2 is 2.12 bits per heavy atom. The van der Waals surface area contributed by atoms with Crippen LogP contribution in [0.3, 0.4) is 0 Å². The van der Waals surface area contributed by atoms with Crippen molar-refractivity contribution in [2.45, 2.75) is 0 Å². The summed E-state index contributed by atoms with van der Waals surface area (Å²) in [5.74, 6) is 0.153. The van der Waals surface area contributed by atoms with E-state index in [2.05, 4.69) is 5.32 Å². The zero-order valence-electron chi connectivity index (χ0n) is 8.84. The molecular formula is C11H12Cl2N2O. The molecule has 1 aliphatic rings. The van der Waals surface area contributed by atoms with Crippen molar-refractivity contribution in [1.82, 2.24) is 5.32 Å². The molecule has 5 heteroatoms. The van der Waals surface area contributed by atoms with E-state index >= 15 is 0 Å². The van der Waals surface area contributed by atoms with Gasteiger partial charge in [0, 0.05) is 25.2 Å². The number of nitrogens with one attached hydrogen (secondary N) is 1. The molecule has 0 unspecified atom stereocenters. The molecule has 16 heavy (non-hydrogen) atoms. The minimum absolute atomic E-state index is 0.0664. The fraction of sp³-hybridized carbons (Fsp3) is 0.364. The highest BCUT2D eigenvalue weighted by molar-refractivity contribution is 6.36. The first-order valence-corrected chi connectivity index (χ1v) is 5.78. The van der Waals surface area contributed by atoms with Gasteiger partial charge in [0.15, 0.2) is 0 Å². The molecule has 0 atom stereocenters. The van der Waals surface area contributed by atoms with Gasteiger partial charge in [0.25, 0.3) is 0 Å². The Hall–Kier alpha value is -0.770. The normalized spacial score (nSPS) is 15.7. The lowest BCUT2D eigenvalue weighted by molar-refractivity contribution is -0.123. The summed E-state index contributed by atoms with van der Waals surface area (Å²) >= 11 is 11.8. The summed E-state index contributed by atoms with van der Waals surface area (Å²) in [5, 5.41) is 4.14. The number of carbonyl (C=O) groups excluding carboxylic acids is 1. The minimum Gasteiger partial charge on any atom is -0.315 e. The largest absolute Gasteiger partial charge is 0.315 e. The fourth-order valence-corrected chi connectivity index (χ4v) is 2.14. The lowest BCUT2D eigenvalue weighted by atomic mass is 10.0. The first-order valence-electron chi connectivity index (χ1n) is 5.03. The third kappa shape index (κ3) is 2.17. The van der Waals surface area contributed by atoms with Crippen LogP contribution in [0.5, 0.6) is 0 Å². The zero-order chi connectivity index (χ0) is 11.7. The molecule has 0 aromatic heterocycles. The van der Waals surface area contributed by atoms with Crippen molar-refractivity contribution in [3.05, 3.63) is 28.2 Å². The lowest BCUT2D eigenvalue weighted by Gasteiger charge is -2.30. The van der Waals surface area contributed by atoms with E-state index in [0.717, 1.165) is 13.1 Å². The number of carbonyl (C=O) groups is 1. The summed E-state index contributed by atoms with van der Waals surface area (Å²) in [6.07, 6.45) is 0. The predicted octanol–water partition coefficient (Wildman–Crippen LogP) is 2.18. The van der Waals surface area contributed by atoms with E-state index in [4.69, 9.17) is 23.2 Å². The van der Waals surface area contributed by atoms with E-state index in [1.807, 2.05) is 0 Å². The standard InChI is InChI=1S/C11H12Cl2N2O/c1-15(11(16)7-5-14-6-7)10-3-2-8(12)4-9(10)13/h2-4,7,14H,5-6H2,1H3. The van der Waals surface area contributed by atoms with E-state index in [1.54, 1.807) is 30.1 Å². The highest BCUT2D eigenvalue weighted by Crippen LogP contribution is 2.29. The second kappa shape index (κ2) is 4.62. The number of anilines is 1. The average Bonchev–Trinajstić information content (AvgIpc) is 2.14. The van der Waals surface area contributed by atoms with Gasteiger partial charge in [-0.15, -0.1) is 0 Å². The molecule has 1 aromatic carbocycles. The van der Waals surface area contributed by atoms with E-state index < -0.39 is 0 Å². The van der Waals surface area contributed by atoms with Crippen LogP contribution in [0, 0.1) is 5.92 Å². The monoisotopic (exact) mass is 258 g/mol. The third-order valence-corrected chi connectivity index (χ3v) is 3.27. The Labute approximate surface area is 104 Å². The third-order valence-electron chi connectivity index (χ3n) is 2.73. The molecule has 1 fully saturated rings. The van der Waals surface area contributed by atoms with Crippen molar-refractivity contribution < 1.29 is 4.79 Å². The van der Waals surface area contributed by atoms with Crippen LogP contribution in [0.15, 0.2) is 18.2 Å². The quantitative estimate of drug-likeness (QED) is 0.882. The lowest BCUT2D eigenvalue weighted by Crippen LogP contribution is -2.51. The molecule has 3 nitrogen and oxygen atoms in total. The van der Waals surface area contributed by atoms with Crippen LogP contribution in [-0.4, -0.2) is 26.0 Å². The maximum absolute atomic E-state index is 12.0. The molecule has 1 aliphatic heterocycles. The number of hydrogen-bond acceptors (Lipinski definition) is 2. The Morgan fingerprint density at radius 1 is 1.44 bits per heavy atom. The van der Waals surface area contributed by atoms with Crippen LogP contribution in [-0.2, 0) is 4.79 Å². The molecule has 0 spiro atoms. The highest BCUT2D eigenvalue weighted by atomic mass is 35.5. The topological polar surface area (TPSA) is 32.3 Å². The Morgan fingerprint density at radius 3 is 2.62 bits per heavy atom.